The van der Waals surface area contributed by atoms with Crippen LogP contribution < -0.4 is 16.0 Å². The predicted octanol–water partition coefficient (Wildman–Crippen LogP) is 2.88. The van der Waals surface area contributed by atoms with Crippen LogP contribution in [0.15, 0.2) is 58.7 Å². The quantitative estimate of drug-likeness (QED) is 0.0835. The maximum Gasteiger partial charge on any atom is 0.470 e. The number of fused-ring (bicyclic) bond motifs is 7. The van der Waals surface area contributed by atoms with Crippen molar-refractivity contribution in [3.63, 3.8) is 0 Å². The number of alkyl halides is 1. The number of rotatable bonds is 17. The van der Waals surface area contributed by atoms with Gasteiger partial charge in [-0.1, -0.05) is 53.6 Å². The number of anilines is 1. The molecule has 0 radical (unpaired) electrons. The summed E-state index contributed by atoms with van der Waals surface area (Å²) in [7, 11) is -5.08. The van der Waals surface area contributed by atoms with Crippen molar-refractivity contribution in [3.05, 3.63) is 76.8 Å². The number of amides is 3. The molecule has 8 N–H and O–H groups in total. The first-order valence-corrected chi connectivity index (χ1v) is 23.5. The van der Waals surface area contributed by atoms with Gasteiger partial charge >= 0.3 is 13.8 Å². The van der Waals surface area contributed by atoms with E-state index in [1.807, 2.05) is 19.9 Å². The molecule has 3 amide bonds. The molecular weight excluding hydrogens is 925 g/mol. The zero-order valence-corrected chi connectivity index (χ0v) is 37.5. The minimum atomic E-state index is -5.08. The van der Waals surface area contributed by atoms with Crippen LogP contribution in [0.5, 0.6) is 0 Å². The molecule has 2 heterocycles. The Balaban J connectivity index is 1.08. The van der Waals surface area contributed by atoms with Gasteiger partial charge in [0.1, 0.15) is 12.6 Å². The van der Waals surface area contributed by atoms with Crippen LogP contribution in [0.2, 0.25) is 0 Å². The van der Waals surface area contributed by atoms with E-state index in [9.17, 15) is 58.4 Å². The van der Waals surface area contributed by atoms with Crippen LogP contribution in [0.3, 0.4) is 0 Å². The van der Waals surface area contributed by atoms with Gasteiger partial charge in [0.15, 0.2) is 22.9 Å². The minimum absolute atomic E-state index is 0.0448. The molecule has 1 aromatic carbocycles. The average molecular weight is 977 g/mol. The Kier molecular flexibility index (Phi) is 13.7. The lowest BCUT2D eigenvalue weighted by atomic mass is 9.46. The van der Waals surface area contributed by atoms with E-state index in [4.69, 9.17) is 18.4 Å². The van der Waals surface area contributed by atoms with Crippen molar-refractivity contribution in [2.24, 2.45) is 28.6 Å². The van der Waals surface area contributed by atoms with Gasteiger partial charge in [0.2, 0.25) is 24.0 Å². The standard InChI is InChI=1S/C43H51BrN3O16P/c1-41-10-9-26(49)14-25(41)4-5-27-28-15-34-43(33(51)21-61-64(57,58)59,42(28,2)16-31(50)38(27)41)63-40(62-34)32-13-23(20-60-32)11-22-3-6-29(24(12-22)19-48)47-39(56)30(7-8-37(54)55)46-36(53)18-45-35(52)17-44/h3,6,9-10,12-14,20,27-28,30-31,34,38,40,48,50H,4-5,7-8,11,15-19,21H2,1-2H3,(H,45,52)(H,46,53)(H,47,56)(H,54,55)(H2,57,58,59)/t27-,28-,30-,31-,34+,38+,40+,41-,42-,43+/m0/s1. The fourth-order valence-corrected chi connectivity index (χ4v) is 11.5. The van der Waals surface area contributed by atoms with Crippen LogP contribution in [0.1, 0.15) is 81.1 Å². The number of Topliss-reactive ketones (excluding diaryl/α,β-unsaturated/α-hetero) is 1. The van der Waals surface area contributed by atoms with E-state index in [0.717, 1.165) is 5.57 Å². The molecule has 7 rings (SSSR count). The third-order valence-electron chi connectivity index (χ3n) is 13.8. The first-order chi connectivity index (χ1) is 30.2. The SMILES string of the molecule is C[C@]12C=CC(=O)C=C1CC[C@@H]1[C@@H]2[C@@H](O)C[C@@]2(C)[C@H]1C[C@H]1O[C@@H](c3cc(Cc4ccc(NC(=O)[C@H](CCC(=O)O)NC(=O)CNC(=O)CBr)c(CO)c4)co3)O[C@]12C(=O)COP(=O)(O)O. The maximum absolute atomic E-state index is 14.4. The molecule has 0 spiro atoms. The smallest absolute Gasteiger partial charge is 0.470 e. The van der Waals surface area contributed by atoms with Crippen LogP contribution in [-0.2, 0) is 60.4 Å². The molecule has 19 nitrogen and oxygen atoms in total. The third-order valence-corrected chi connectivity index (χ3v) is 14.8. The van der Waals surface area contributed by atoms with Crippen molar-refractivity contribution in [1.82, 2.24) is 10.6 Å². The minimum Gasteiger partial charge on any atom is -0.481 e. The lowest BCUT2D eigenvalue weighted by molar-refractivity contribution is -0.203. The molecule has 1 saturated heterocycles. The van der Waals surface area contributed by atoms with Crippen LogP contribution >= 0.6 is 23.8 Å². The topological polar surface area (TPSA) is 298 Å². The fourth-order valence-electron chi connectivity index (χ4n) is 11.0. The first kappa shape index (κ1) is 47.6. The Bertz CT molecular complexity index is 2330. The summed E-state index contributed by atoms with van der Waals surface area (Å²) >= 11 is 2.97. The zero-order chi connectivity index (χ0) is 46.4. The highest BCUT2D eigenvalue weighted by molar-refractivity contribution is 9.09. The van der Waals surface area contributed by atoms with Crippen molar-refractivity contribution < 1.29 is 76.9 Å². The van der Waals surface area contributed by atoms with Crippen molar-refractivity contribution in [3.8, 4) is 0 Å². The van der Waals surface area contributed by atoms with Gasteiger partial charge in [-0.25, -0.2) is 4.57 Å². The van der Waals surface area contributed by atoms with E-state index in [0.29, 0.717) is 36.0 Å². The summed E-state index contributed by atoms with van der Waals surface area (Å²) in [6.07, 6.45) is 4.71. The Labute approximate surface area is 375 Å². The van der Waals surface area contributed by atoms with E-state index in [1.54, 1.807) is 30.3 Å². The van der Waals surface area contributed by atoms with E-state index >= 15 is 0 Å². The Morgan fingerprint density at radius 1 is 1.09 bits per heavy atom. The second kappa shape index (κ2) is 18.5. The van der Waals surface area contributed by atoms with Crippen molar-refractivity contribution in [2.75, 3.05) is 23.8 Å². The number of carbonyl (C=O) groups excluding carboxylic acids is 5. The monoisotopic (exact) mass is 975 g/mol. The number of nitrogens with one attached hydrogen (secondary N) is 3. The molecule has 1 aromatic heterocycles. The molecule has 10 atom stereocenters. The molecule has 21 heteroatoms. The number of benzene rings is 1. The number of aliphatic hydroxyl groups excluding tert-OH is 2. The summed E-state index contributed by atoms with van der Waals surface area (Å²) in [6.45, 7) is 1.97. The van der Waals surface area contributed by atoms with Crippen LogP contribution in [-0.4, -0.2) is 103 Å². The predicted molar refractivity (Wildman–Crippen MR) is 226 cm³/mol. The van der Waals surface area contributed by atoms with Gasteiger partial charge < -0.3 is 54.9 Å². The molecule has 4 fully saturated rings. The van der Waals surface area contributed by atoms with Crippen LogP contribution in [0.4, 0.5) is 5.69 Å². The number of phosphoric acid groups is 1. The van der Waals surface area contributed by atoms with Crippen LogP contribution in [0, 0.1) is 28.6 Å². The highest BCUT2D eigenvalue weighted by Crippen LogP contribution is 2.70. The molecule has 0 unspecified atom stereocenters. The zero-order valence-electron chi connectivity index (χ0n) is 35.0. The van der Waals surface area contributed by atoms with E-state index in [2.05, 4.69) is 31.9 Å². The lowest BCUT2D eigenvalue weighted by Gasteiger charge is -2.59. The molecule has 5 aliphatic rings. The van der Waals surface area contributed by atoms with Gasteiger partial charge in [-0.05, 0) is 79.4 Å². The number of ether oxygens (including phenoxy) is 2. The number of furan rings is 1. The van der Waals surface area contributed by atoms with Gasteiger partial charge in [-0.3, -0.25) is 33.3 Å². The number of carbonyl (C=O) groups is 6. The first-order valence-electron chi connectivity index (χ1n) is 20.8. The lowest BCUT2D eigenvalue weighted by Crippen LogP contribution is -2.63. The molecule has 3 saturated carbocycles. The number of carboxylic acid groups (broad SMARTS) is 1. The maximum atomic E-state index is 14.4. The number of hydrogen-bond acceptors (Lipinski definition) is 13. The van der Waals surface area contributed by atoms with Gasteiger partial charge in [-0.15, -0.1) is 0 Å². The highest BCUT2D eigenvalue weighted by atomic mass is 79.9. The van der Waals surface area contributed by atoms with Crippen LogP contribution in [0.25, 0.3) is 0 Å². The molecule has 0 bridgehead atoms. The number of phosphoric ester groups is 1. The Morgan fingerprint density at radius 3 is 2.56 bits per heavy atom. The number of halogens is 1. The molecule has 2 aromatic rings. The normalized spacial score (nSPS) is 30.9. The number of hydrogen-bond donors (Lipinski definition) is 8. The Morgan fingerprint density at radius 2 is 1.86 bits per heavy atom. The van der Waals surface area contributed by atoms with Crippen molar-refractivity contribution in [2.45, 2.75) is 95.5 Å². The third kappa shape index (κ3) is 9.21. The fraction of sp³-hybridized carbons (Fsp3) is 0.535. The Hall–Kier alpha value is -4.37. The van der Waals surface area contributed by atoms with Gasteiger partial charge in [0.25, 0.3) is 0 Å². The summed E-state index contributed by atoms with van der Waals surface area (Å²) in [5.74, 6) is -4.35. The van der Waals surface area contributed by atoms with E-state index in [-0.39, 0.29) is 59.6 Å². The van der Waals surface area contributed by atoms with Gasteiger partial charge in [-0.2, -0.15) is 0 Å². The highest BCUT2D eigenvalue weighted by Gasteiger charge is 2.76. The molecular formula is C43H51BrN3O16P. The summed E-state index contributed by atoms with van der Waals surface area (Å²) in [5.41, 5.74) is -0.674. The number of carboxylic acids is 1. The molecule has 1 aliphatic heterocycles. The van der Waals surface area contributed by atoms with E-state index < -0.39 is 104 Å². The molecule has 346 valence electrons. The van der Waals surface area contributed by atoms with E-state index in [1.165, 1.54) is 12.3 Å². The molecule has 4 aliphatic carbocycles. The summed E-state index contributed by atoms with van der Waals surface area (Å²) in [6, 6.07) is 5.25. The second-order valence-electron chi connectivity index (χ2n) is 17.6. The number of ketones is 2. The molecule has 64 heavy (non-hydrogen) atoms. The summed E-state index contributed by atoms with van der Waals surface area (Å²) in [4.78, 5) is 94.4. The number of aliphatic hydroxyl groups is 2. The summed E-state index contributed by atoms with van der Waals surface area (Å²) < 4.78 is 35.7. The summed E-state index contributed by atoms with van der Waals surface area (Å²) in [5, 5.41) is 38.8. The number of aliphatic carboxylic acids is 1. The largest absolute Gasteiger partial charge is 0.481 e. The van der Waals surface area contributed by atoms with Gasteiger partial charge in [0.05, 0.1) is 37.0 Å². The van der Waals surface area contributed by atoms with Crippen molar-refractivity contribution >= 4 is 64.7 Å². The second-order valence-corrected chi connectivity index (χ2v) is 19.4. The number of allylic oxidation sites excluding steroid dienone is 4. The van der Waals surface area contributed by atoms with Crippen molar-refractivity contribution in [1.29, 1.82) is 0 Å². The van der Waals surface area contributed by atoms with Gasteiger partial charge in [0, 0.05) is 40.8 Å². The average Bonchev–Trinajstić information content (AvgIpc) is 3.93.